The summed E-state index contributed by atoms with van der Waals surface area (Å²) < 4.78 is 29.8. The Hall–Kier alpha value is -3.94. The number of aliphatic hydroxyl groups is 1. The molecule has 1 amide bonds. The fourth-order valence-corrected chi connectivity index (χ4v) is 4.73. The minimum atomic E-state index is -1.91. The first-order valence-corrected chi connectivity index (χ1v) is 11.5. The molecule has 0 aliphatic carbocycles. The predicted molar refractivity (Wildman–Crippen MR) is 126 cm³/mol. The molecule has 2 aromatic carbocycles. The molecule has 0 aliphatic heterocycles. The number of imidazole rings is 1. The zero-order valence-corrected chi connectivity index (χ0v) is 19.7. The van der Waals surface area contributed by atoms with Gasteiger partial charge in [-0.1, -0.05) is 18.2 Å². The first-order valence-electron chi connectivity index (χ1n) is 10.6. The van der Waals surface area contributed by atoms with Gasteiger partial charge in [-0.2, -0.15) is 5.26 Å². The van der Waals surface area contributed by atoms with E-state index < -0.39 is 29.2 Å². The van der Waals surface area contributed by atoms with Gasteiger partial charge in [0.2, 0.25) is 0 Å². The zero-order valence-electron chi connectivity index (χ0n) is 18.9. The summed E-state index contributed by atoms with van der Waals surface area (Å²) in [5.41, 5.74) is -0.305. The van der Waals surface area contributed by atoms with Crippen molar-refractivity contribution >= 4 is 17.2 Å². The second-order valence-electron chi connectivity index (χ2n) is 8.10. The molecular formula is C25H21F2N5O2S. The van der Waals surface area contributed by atoms with Crippen LogP contribution < -0.4 is 5.32 Å². The van der Waals surface area contributed by atoms with Crippen molar-refractivity contribution in [1.29, 1.82) is 5.26 Å². The van der Waals surface area contributed by atoms with E-state index in [0.29, 0.717) is 27.2 Å². The van der Waals surface area contributed by atoms with Gasteiger partial charge in [-0.05, 0) is 32.0 Å². The largest absolute Gasteiger partial charge is 0.381 e. The fourth-order valence-electron chi connectivity index (χ4n) is 3.75. The lowest BCUT2D eigenvalue weighted by Gasteiger charge is -2.35. The monoisotopic (exact) mass is 493 g/mol. The van der Waals surface area contributed by atoms with Gasteiger partial charge in [-0.3, -0.25) is 4.79 Å². The van der Waals surface area contributed by atoms with Crippen LogP contribution in [0.5, 0.6) is 0 Å². The number of aromatic nitrogens is 3. The molecule has 2 heterocycles. The molecule has 2 aromatic heterocycles. The highest BCUT2D eigenvalue weighted by atomic mass is 32.1. The maximum atomic E-state index is 14.7. The van der Waals surface area contributed by atoms with E-state index in [1.165, 1.54) is 29.9 Å². The number of hydrogen-bond donors (Lipinski definition) is 2. The van der Waals surface area contributed by atoms with Crippen LogP contribution in [0.15, 0.2) is 61.2 Å². The summed E-state index contributed by atoms with van der Waals surface area (Å²) in [4.78, 5) is 21.9. The van der Waals surface area contributed by atoms with E-state index in [0.717, 1.165) is 11.6 Å². The first-order chi connectivity index (χ1) is 16.7. The summed E-state index contributed by atoms with van der Waals surface area (Å²) in [6.45, 7) is 3.12. The number of aryl methyl sites for hydroxylation is 1. The third kappa shape index (κ3) is 4.96. The van der Waals surface area contributed by atoms with Crippen molar-refractivity contribution in [3.63, 3.8) is 0 Å². The van der Waals surface area contributed by atoms with Gasteiger partial charge in [0.25, 0.3) is 5.91 Å². The molecule has 0 unspecified atom stereocenters. The number of nitrogens with one attached hydrogen (secondary N) is 1. The van der Waals surface area contributed by atoms with Crippen molar-refractivity contribution in [2.45, 2.75) is 32.0 Å². The summed E-state index contributed by atoms with van der Waals surface area (Å²) in [5.74, 6) is -2.19. The van der Waals surface area contributed by atoms with E-state index in [2.05, 4.69) is 21.4 Å². The molecule has 7 nitrogen and oxygen atoms in total. The van der Waals surface area contributed by atoms with Crippen molar-refractivity contribution in [2.24, 2.45) is 0 Å². The molecule has 0 saturated carbocycles. The van der Waals surface area contributed by atoms with Gasteiger partial charge in [-0.25, -0.2) is 18.7 Å². The lowest BCUT2D eigenvalue weighted by Crippen LogP contribution is -2.51. The third-order valence-corrected chi connectivity index (χ3v) is 6.91. The molecule has 0 spiro atoms. The van der Waals surface area contributed by atoms with Crippen LogP contribution in [0.1, 0.15) is 33.4 Å². The molecule has 4 rings (SSSR count). The number of thiazole rings is 1. The molecule has 178 valence electrons. The van der Waals surface area contributed by atoms with Crippen LogP contribution in [0.3, 0.4) is 0 Å². The maximum absolute atomic E-state index is 14.7. The molecule has 2 atom stereocenters. The van der Waals surface area contributed by atoms with Crippen LogP contribution in [-0.2, 0) is 12.1 Å². The Morgan fingerprint density at radius 2 is 2.03 bits per heavy atom. The second-order valence-corrected chi connectivity index (χ2v) is 9.10. The summed E-state index contributed by atoms with van der Waals surface area (Å²) in [6, 6.07) is 10.8. The third-order valence-electron chi connectivity index (χ3n) is 5.71. The Balaban J connectivity index is 1.62. The van der Waals surface area contributed by atoms with E-state index >= 15 is 0 Å². The van der Waals surface area contributed by atoms with Crippen LogP contribution in [0.2, 0.25) is 0 Å². The van der Waals surface area contributed by atoms with Crippen LogP contribution in [-0.4, -0.2) is 31.6 Å². The number of halogens is 2. The number of carbonyl (C=O) groups is 1. The zero-order chi connectivity index (χ0) is 25.2. The lowest BCUT2D eigenvalue weighted by atomic mass is 9.86. The number of amides is 1. The van der Waals surface area contributed by atoms with Crippen LogP contribution in [0, 0.1) is 29.9 Å². The number of benzene rings is 2. The van der Waals surface area contributed by atoms with Crippen molar-refractivity contribution in [3.05, 3.63) is 94.5 Å². The SMILES string of the molecule is Cc1nc(-c2ccc(C#N)cc2)sc1C(=O)N[C@H](C)[C@](O)(Cn1ccnc1)c1ccc(F)cc1F. The number of nitriles is 1. The normalized spacial score (nSPS) is 13.6. The Morgan fingerprint density at radius 3 is 2.66 bits per heavy atom. The van der Waals surface area contributed by atoms with Gasteiger partial charge in [0, 0.05) is 29.6 Å². The van der Waals surface area contributed by atoms with Crippen LogP contribution in [0.4, 0.5) is 8.78 Å². The van der Waals surface area contributed by atoms with E-state index in [1.54, 1.807) is 48.9 Å². The Labute approximate surface area is 204 Å². The summed E-state index contributed by atoms with van der Waals surface area (Å²) in [6.07, 6.45) is 4.56. The molecule has 35 heavy (non-hydrogen) atoms. The molecule has 2 N–H and O–H groups in total. The molecule has 4 aromatic rings. The van der Waals surface area contributed by atoms with Gasteiger partial charge < -0.3 is 15.0 Å². The molecule has 0 fully saturated rings. The standard InChI is InChI=1S/C25H21F2N5O2S/c1-15-22(35-24(30-15)18-5-3-17(12-28)4-6-18)23(33)31-16(2)25(34,13-32-10-9-29-14-32)20-8-7-19(26)11-21(20)27/h3-11,14,16,34H,13H2,1-2H3,(H,31,33)/t16-,25-/m1/s1. The molecule has 0 saturated heterocycles. The van der Waals surface area contributed by atoms with Crippen molar-refractivity contribution in [2.75, 3.05) is 0 Å². The van der Waals surface area contributed by atoms with Crippen LogP contribution >= 0.6 is 11.3 Å². The fraction of sp³-hybridized carbons (Fsp3) is 0.200. The van der Waals surface area contributed by atoms with Gasteiger partial charge in [0.05, 0.1) is 36.2 Å². The smallest absolute Gasteiger partial charge is 0.263 e. The van der Waals surface area contributed by atoms with Crippen molar-refractivity contribution in [3.8, 4) is 16.6 Å². The minimum absolute atomic E-state index is 0.130. The predicted octanol–water partition coefficient (Wildman–Crippen LogP) is 4.17. The number of carbonyl (C=O) groups excluding carboxylic acids is 1. The highest BCUT2D eigenvalue weighted by Gasteiger charge is 2.40. The average molecular weight is 494 g/mol. The summed E-state index contributed by atoms with van der Waals surface area (Å²) in [5, 5.41) is 24.0. The molecule has 0 aliphatic rings. The average Bonchev–Trinajstić information content (AvgIpc) is 3.48. The van der Waals surface area contributed by atoms with E-state index in [1.807, 2.05) is 0 Å². The summed E-state index contributed by atoms with van der Waals surface area (Å²) in [7, 11) is 0. The number of rotatable bonds is 7. The molecular weight excluding hydrogens is 472 g/mol. The number of hydrogen-bond acceptors (Lipinski definition) is 6. The highest BCUT2D eigenvalue weighted by molar-refractivity contribution is 7.17. The topological polar surface area (TPSA) is 104 Å². The van der Waals surface area contributed by atoms with E-state index in [-0.39, 0.29) is 12.1 Å². The quantitative estimate of drug-likeness (QED) is 0.402. The molecule has 0 radical (unpaired) electrons. The Morgan fingerprint density at radius 1 is 1.29 bits per heavy atom. The van der Waals surface area contributed by atoms with Gasteiger partial charge in [-0.15, -0.1) is 11.3 Å². The van der Waals surface area contributed by atoms with Crippen molar-refractivity contribution in [1.82, 2.24) is 19.9 Å². The van der Waals surface area contributed by atoms with Gasteiger partial charge in [0.15, 0.2) is 0 Å². The minimum Gasteiger partial charge on any atom is -0.381 e. The second kappa shape index (κ2) is 9.74. The molecule has 10 heteroatoms. The maximum Gasteiger partial charge on any atom is 0.263 e. The first kappa shape index (κ1) is 24.2. The molecule has 0 bridgehead atoms. The number of nitrogens with zero attached hydrogens (tertiary/aromatic N) is 4. The van der Waals surface area contributed by atoms with E-state index in [9.17, 15) is 18.7 Å². The lowest BCUT2D eigenvalue weighted by molar-refractivity contribution is -0.0157. The van der Waals surface area contributed by atoms with Gasteiger partial charge >= 0.3 is 0 Å². The highest BCUT2D eigenvalue weighted by Crippen LogP contribution is 2.32. The van der Waals surface area contributed by atoms with E-state index in [4.69, 9.17) is 5.26 Å². The summed E-state index contributed by atoms with van der Waals surface area (Å²) >= 11 is 1.17. The van der Waals surface area contributed by atoms with Gasteiger partial charge in [0.1, 0.15) is 27.1 Å². The Kier molecular flexibility index (Phi) is 6.73. The Bertz CT molecular complexity index is 1400. The van der Waals surface area contributed by atoms with Crippen LogP contribution in [0.25, 0.3) is 10.6 Å². The van der Waals surface area contributed by atoms with Crippen molar-refractivity contribution < 1.29 is 18.7 Å².